The summed E-state index contributed by atoms with van der Waals surface area (Å²) in [4.78, 5) is 0. The molecule has 0 bridgehead atoms. The van der Waals surface area contributed by atoms with Crippen molar-refractivity contribution in [3.05, 3.63) is 12.7 Å². The Labute approximate surface area is 92.1 Å². The van der Waals surface area contributed by atoms with Gasteiger partial charge in [0, 0.05) is 13.0 Å². The lowest BCUT2D eigenvalue weighted by Gasteiger charge is -2.34. The maximum Gasteiger partial charge on any atom is 0.138 e. The molecule has 15 heavy (non-hydrogen) atoms. The van der Waals surface area contributed by atoms with Crippen LogP contribution < -0.4 is 5.32 Å². The van der Waals surface area contributed by atoms with E-state index in [1.54, 1.807) is 6.08 Å². The monoisotopic (exact) mass is 208 g/mol. The first-order valence-corrected chi connectivity index (χ1v) is 5.26. The van der Waals surface area contributed by atoms with E-state index in [0.717, 1.165) is 0 Å². The molecule has 0 aromatic carbocycles. The molecule has 84 valence electrons. The minimum absolute atomic E-state index is 0.257. The second kappa shape index (κ2) is 3.62. The smallest absolute Gasteiger partial charge is 0.138 e. The van der Waals surface area contributed by atoms with Gasteiger partial charge in [-0.1, -0.05) is 6.08 Å². The zero-order valence-corrected chi connectivity index (χ0v) is 10.1. The van der Waals surface area contributed by atoms with E-state index in [1.807, 2.05) is 27.7 Å². The molecule has 1 aliphatic rings. The SMILES string of the molecule is C=CCNC1(C#N)CC(C)(C)OC1(C)C. The third kappa shape index (κ3) is 2.06. The highest BCUT2D eigenvalue weighted by atomic mass is 16.5. The lowest BCUT2D eigenvalue weighted by atomic mass is 9.80. The number of hydrogen-bond acceptors (Lipinski definition) is 3. The normalized spacial score (nSPS) is 32.2. The lowest BCUT2D eigenvalue weighted by Crippen LogP contribution is -2.56. The van der Waals surface area contributed by atoms with Gasteiger partial charge in [-0.15, -0.1) is 6.58 Å². The van der Waals surface area contributed by atoms with Gasteiger partial charge in [-0.25, -0.2) is 0 Å². The minimum atomic E-state index is -0.620. The molecule has 0 aromatic rings. The molecule has 1 atom stereocenters. The van der Waals surface area contributed by atoms with Crippen LogP contribution in [0.15, 0.2) is 12.7 Å². The molecule has 0 aromatic heterocycles. The summed E-state index contributed by atoms with van der Waals surface area (Å²) in [6.45, 7) is 12.2. The standard InChI is InChI=1S/C12H20N2O/c1-6-7-14-12(9-13)8-10(2,3)15-11(12,4)5/h6,14H,1,7-8H2,2-5H3. The molecule has 3 heteroatoms. The van der Waals surface area contributed by atoms with Crippen LogP contribution in [0.3, 0.4) is 0 Å². The van der Waals surface area contributed by atoms with Gasteiger partial charge in [0.25, 0.3) is 0 Å². The summed E-state index contributed by atoms with van der Waals surface area (Å²) in [7, 11) is 0. The van der Waals surface area contributed by atoms with Crippen molar-refractivity contribution in [1.82, 2.24) is 5.32 Å². The highest BCUT2D eigenvalue weighted by Gasteiger charge is 2.57. The second-order valence-corrected chi connectivity index (χ2v) is 5.24. The molecular weight excluding hydrogens is 188 g/mol. The van der Waals surface area contributed by atoms with Gasteiger partial charge in [-0.3, -0.25) is 5.32 Å². The second-order valence-electron chi connectivity index (χ2n) is 5.24. The number of nitriles is 1. The van der Waals surface area contributed by atoms with Gasteiger partial charge in [0.2, 0.25) is 0 Å². The van der Waals surface area contributed by atoms with Gasteiger partial charge in [0.15, 0.2) is 0 Å². The van der Waals surface area contributed by atoms with Gasteiger partial charge in [0.1, 0.15) is 5.54 Å². The van der Waals surface area contributed by atoms with Crippen molar-refractivity contribution >= 4 is 0 Å². The number of nitrogens with zero attached hydrogens (tertiary/aromatic N) is 1. The van der Waals surface area contributed by atoms with E-state index in [-0.39, 0.29) is 5.60 Å². The quantitative estimate of drug-likeness (QED) is 0.721. The van der Waals surface area contributed by atoms with Crippen LogP contribution in [0.4, 0.5) is 0 Å². The summed E-state index contributed by atoms with van der Waals surface area (Å²) >= 11 is 0. The predicted octanol–water partition coefficient (Wildman–Crippen LogP) is 2.00. The molecule has 1 fully saturated rings. The first-order valence-electron chi connectivity index (χ1n) is 5.26. The summed E-state index contributed by atoms with van der Waals surface area (Å²) in [6, 6.07) is 2.37. The topological polar surface area (TPSA) is 45.0 Å². The van der Waals surface area contributed by atoms with Crippen LogP contribution in [0.25, 0.3) is 0 Å². The number of rotatable bonds is 3. The molecule has 0 saturated carbocycles. The van der Waals surface area contributed by atoms with E-state index in [1.165, 1.54) is 0 Å². The molecule has 0 aliphatic carbocycles. The van der Waals surface area contributed by atoms with Crippen molar-refractivity contribution in [3.63, 3.8) is 0 Å². The van der Waals surface area contributed by atoms with Crippen molar-refractivity contribution in [3.8, 4) is 6.07 Å². The van der Waals surface area contributed by atoms with Gasteiger partial charge in [0.05, 0.1) is 17.3 Å². The third-order valence-corrected chi connectivity index (χ3v) is 2.99. The Bertz CT molecular complexity index is 301. The summed E-state index contributed by atoms with van der Waals surface area (Å²) < 4.78 is 5.92. The van der Waals surface area contributed by atoms with E-state index in [4.69, 9.17) is 4.74 Å². The van der Waals surface area contributed by atoms with Crippen molar-refractivity contribution in [1.29, 1.82) is 5.26 Å². The van der Waals surface area contributed by atoms with Crippen LogP contribution in [0.2, 0.25) is 0 Å². The molecule has 0 radical (unpaired) electrons. The van der Waals surface area contributed by atoms with Crippen molar-refractivity contribution in [2.24, 2.45) is 0 Å². The minimum Gasteiger partial charge on any atom is -0.367 e. The van der Waals surface area contributed by atoms with Gasteiger partial charge in [-0.05, 0) is 27.7 Å². The predicted molar refractivity (Wildman–Crippen MR) is 60.4 cm³/mol. The van der Waals surface area contributed by atoms with Gasteiger partial charge < -0.3 is 4.74 Å². The molecular formula is C12H20N2O. The van der Waals surface area contributed by atoms with Crippen LogP contribution in [-0.4, -0.2) is 23.3 Å². The molecule has 1 N–H and O–H groups in total. The van der Waals surface area contributed by atoms with Gasteiger partial charge >= 0.3 is 0 Å². The van der Waals surface area contributed by atoms with E-state index < -0.39 is 11.1 Å². The Hall–Kier alpha value is -0.850. The van der Waals surface area contributed by atoms with E-state index >= 15 is 0 Å². The van der Waals surface area contributed by atoms with Crippen LogP contribution in [0.5, 0.6) is 0 Å². The summed E-state index contributed by atoms with van der Waals surface area (Å²) in [5.74, 6) is 0. The Kier molecular flexibility index (Phi) is 2.95. The molecule has 3 nitrogen and oxygen atoms in total. The average Bonchev–Trinajstić information content (AvgIpc) is 2.28. The van der Waals surface area contributed by atoms with E-state index in [9.17, 15) is 5.26 Å². The third-order valence-electron chi connectivity index (χ3n) is 2.99. The molecule has 1 saturated heterocycles. The summed E-state index contributed by atoms with van der Waals surface area (Å²) in [5, 5.41) is 12.6. The maximum absolute atomic E-state index is 9.38. The number of ether oxygens (including phenoxy) is 1. The molecule has 1 aliphatic heterocycles. The van der Waals surface area contributed by atoms with Crippen molar-refractivity contribution in [2.45, 2.75) is 50.9 Å². The molecule has 0 amide bonds. The zero-order valence-electron chi connectivity index (χ0n) is 10.1. The largest absolute Gasteiger partial charge is 0.367 e. The lowest BCUT2D eigenvalue weighted by molar-refractivity contribution is -0.0762. The fraction of sp³-hybridized carbons (Fsp3) is 0.750. The van der Waals surface area contributed by atoms with Crippen LogP contribution in [0.1, 0.15) is 34.1 Å². The fourth-order valence-corrected chi connectivity index (χ4v) is 2.40. The Morgan fingerprint density at radius 2 is 2.07 bits per heavy atom. The highest BCUT2D eigenvalue weighted by molar-refractivity contribution is 5.23. The molecule has 0 spiro atoms. The van der Waals surface area contributed by atoms with Crippen molar-refractivity contribution < 1.29 is 4.74 Å². The Morgan fingerprint density at radius 3 is 2.40 bits per heavy atom. The van der Waals surface area contributed by atoms with Crippen LogP contribution >= 0.6 is 0 Å². The first-order chi connectivity index (χ1) is 6.79. The van der Waals surface area contributed by atoms with Crippen LogP contribution in [0, 0.1) is 11.3 Å². The Morgan fingerprint density at radius 1 is 1.47 bits per heavy atom. The van der Waals surface area contributed by atoms with E-state index in [0.29, 0.717) is 13.0 Å². The average molecular weight is 208 g/mol. The summed E-state index contributed by atoms with van der Waals surface area (Å²) in [5.41, 5.74) is -1.35. The van der Waals surface area contributed by atoms with Crippen LogP contribution in [-0.2, 0) is 4.74 Å². The molecule has 1 rings (SSSR count). The highest BCUT2D eigenvalue weighted by Crippen LogP contribution is 2.44. The first kappa shape index (κ1) is 12.2. The van der Waals surface area contributed by atoms with Crippen molar-refractivity contribution in [2.75, 3.05) is 6.54 Å². The van der Waals surface area contributed by atoms with Gasteiger partial charge in [-0.2, -0.15) is 5.26 Å². The molecule has 1 heterocycles. The Balaban J connectivity index is 2.99. The van der Waals surface area contributed by atoms with E-state index in [2.05, 4.69) is 18.0 Å². The molecule has 1 unspecified atom stereocenters. The fourth-order valence-electron chi connectivity index (χ4n) is 2.40. The maximum atomic E-state index is 9.38. The zero-order chi connectivity index (χ0) is 11.7. The number of nitrogens with one attached hydrogen (secondary N) is 1. The number of hydrogen-bond donors (Lipinski definition) is 1. The summed E-state index contributed by atoms with van der Waals surface area (Å²) in [6.07, 6.45) is 2.46.